The van der Waals surface area contributed by atoms with Crippen LogP contribution in [0.3, 0.4) is 0 Å². The number of piperidine rings is 1. The zero-order valence-electron chi connectivity index (χ0n) is 25.1. The Kier molecular flexibility index (Phi) is 10.4. The number of carbonyl (C=O) groups is 2. The minimum absolute atomic E-state index is 0.00342. The Bertz CT molecular complexity index is 1640. The average Bonchev–Trinajstić information content (AvgIpc) is 3.65. The summed E-state index contributed by atoms with van der Waals surface area (Å²) in [4.78, 5) is 36.3. The first-order chi connectivity index (χ1) is 22.6. The predicted octanol–water partition coefficient (Wildman–Crippen LogP) is 5.82. The normalized spacial score (nSPS) is 17.6. The molecule has 0 spiro atoms. The largest absolute Gasteiger partial charge is 0.573 e. The Balaban J connectivity index is 1.13. The fourth-order valence-electron chi connectivity index (χ4n) is 5.03. The fraction of sp³-hybridized carbons (Fsp3) is 0.414. The lowest BCUT2D eigenvalue weighted by molar-refractivity contribution is -0.274. The number of urea groups is 1. The maximum atomic E-state index is 15.2. The molecule has 11 nitrogen and oxygen atoms in total. The van der Waals surface area contributed by atoms with Gasteiger partial charge in [0.15, 0.2) is 11.8 Å². The first kappa shape index (κ1) is 34.8. The van der Waals surface area contributed by atoms with Crippen LogP contribution in [0, 0.1) is 12.8 Å². The molecule has 3 amide bonds. The van der Waals surface area contributed by atoms with E-state index in [9.17, 15) is 35.9 Å². The first-order valence-corrected chi connectivity index (χ1v) is 15.4. The van der Waals surface area contributed by atoms with Gasteiger partial charge in [0.25, 0.3) is 0 Å². The maximum Gasteiger partial charge on any atom is 0.573 e. The summed E-state index contributed by atoms with van der Waals surface area (Å²) in [6.45, 7) is 0.554. The van der Waals surface area contributed by atoms with E-state index in [4.69, 9.17) is 4.74 Å². The van der Waals surface area contributed by atoms with Crippen LogP contribution in [0.1, 0.15) is 18.4 Å². The van der Waals surface area contributed by atoms with Crippen LogP contribution in [-0.4, -0.2) is 82.6 Å². The van der Waals surface area contributed by atoms with E-state index in [0.29, 0.717) is 43.1 Å². The molecule has 1 atom stereocenters. The van der Waals surface area contributed by atoms with E-state index in [-0.39, 0.29) is 34.7 Å². The summed E-state index contributed by atoms with van der Waals surface area (Å²) >= 11 is 0.911. The van der Waals surface area contributed by atoms with E-state index in [1.54, 1.807) is 6.92 Å². The smallest absolute Gasteiger partial charge is 0.482 e. The number of hydrogen-bond donors (Lipinski definition) is 1. The average molecular weight is 704 g/mol. The number of nitrogens with one attached hydrogen (secondary N) is 1. The molecule has 2 aromatic carbocycles. The number of anilines is 2. The lowest BCUT2D eigenvalue weighted by Crippen LogP contribution is -2.41. The number of ether oxygens (including phenoxy) is 2. The molecule has 19 heteroatoms. The van der Waals surface area contributed by atoms with E-state index in [2.05, 4.69) is 25.1 Å². The molecular weight excluding hydrogens is 675 g/mol. The van der Waals surface area contributed by atoms with Crippen LogP contribution in [-0.2, 0) is 4.79 Å². The molecule has 3 aromatic rings. The standard InChI is InChI=1S/C29H28F7N7O4S/c1-17-2-7-23(46-15-28(31,32)33)22(12-17)43-24(44)14-48-27(43)39-26(45)37-13-21(30)18-8-10-41(11-9-18)25-38-16-42(40-25)19-3-5-20(6-4-19)47-29(34,35)36/h2-7,12,16,18,21H,8-11,13-15H2,1H3,(H,37,45). The first-order valence-electron chi connectivity index (χ1n) is 14.4. The Morgan fingerprint density at radius 2 is 1.81 bits per heavy atom. The Morgan fingerprint density at radius 1 is 1.10 bits per heavy atom. The summed E-state index contributed by atoms with van der Waals surface area (Å²) < 4.78 is 101. The van der Waals surface area contributed by atoms with E-state index >= 15 is 4.39 Å². The molecule has 48 heavy (non-hydrogen) atoms. The van der Waals surface area contributed by atoms with Crippen molar-refractivity contribution in [3.8, 4) is 17.2 Å². The number of amides is 3. The van der Waals surface area contributed by atoms with Gasteiger partial charge in [0, 0.05) is 13.1 Å². The monoisotopic (exact) mass is 703 g/mol. The number of benzene rings is 2. The number of halogens is 7. The fourth-order valence-corrected chi connectivity index (χ4v) is 5.89. The highest BCUT2D eigenvalue weighted by atomic mass is 32.2. The van der Waals surface area contributed by atoms with Gasteiger partial charge in [0.05, 0.1) is 23.7 Å². The van der Waals surface area contributed by atoms with Gasteiger partial charge < -0.3 is 19.7 Å². The summed E-state index contributed by atoms with van der Waals surface area (Å²) in [5.74, 6) is -1.26. The third-order valence-electron chi connectivity index (χ3n) is 7.31. The van der Waals surface area contributed by atoms with Crippen LogP contribution in [0.5, 0.6) is 11.5 Å². The molecule has 2 fully saturated rings. The van der Waals surface area contributed by atoms with E-state index in [1.807, 2.05) is 4.90 Å². The van der Waals surface area contributed by atoms with Crippen molar-refractivity contribution in [1.29, 1.82) is 0 Å². The van der Waals surface area contributed by atoms with Gasteiger partial charge in [-0.25, -0.2) is 13.9 Å². The molecule has 2 saturated heterocycles. The van der Waals surface area contributed by atoms with Gasteiger partial charge in [-0.15, -0.1) is 18.3 Å². The molecule has 0 saturated carbocycles. The van der Waals surface area contributed by atoms with Crippen molar-refractivity contribution in [3.63, 3.8) is 0 Å². The highest BCUT2D eigenvalue weighted by Gasteiger charge is 2.35. The third-order valence-corrected chi connectivity index (χ3v) is 8.23. The number of amidine groups is 1. The van der Waals surface area contributed by atoms with Crippen molar-refractivity contribution >= 4 is 40.5 Å². The molecule has 2 aliphatic rings. The van der Waals surface area contributed by atoms with Crippen LogP contribution in [0.25, 0.3) is 5.69 Å². The van der Waals surface area contributed by atoms with Gasteiger partial charge >= 0.3 is 18.6 Å². The molecule has 5 rings (SSSR count). The number of thioether (sulfide) groups is 1. The minimum Gasteiger partial charge on any atom is -0.482 e. The second-order valence-corrected chi connectivity index (χ2v) is 11.8. The van der Waals surface area contributed by atoms with Crippen molar-refractivity contribution in [3.05, 3.63) is 54.4 Å². The number of aliphatic imine (C=N–C) groups is 1. The van der Waals surface area contributed by atoms with Crippen molar-refractivity contribution in [2.45, 2.75) is 38.5 Å². The second kappa shape index (κ2) is 14.3. The predicted molar refractivity (Wildman–Crippen MR) is 161 cm³/mol. The molecular formula is C29H28F7N7O4S. The van der Waals surface area contributed by atoms with Crippen molar-refractivity contribution < 1.29 is 49.8 Å². The third kappa shape index (κ3) is 9.07. The van der Waals surface area contributed by atoms with Gasteiger partial charge in [-0.2, -0.15) is 23.1 Å². The van der Waals surface area contributed by atoms with Crippen molar-refractivity contribution in [2.24, 2.45) is 10.9 Å². The minimum atomic E-state index is -4.81. The van der Waals surface area contributed by atoms with Crippen molar-refractivity contribution in [2.75, 3.05) is 41.8 Å². The Hall–Kier alpha value is -4.55. The molecule has 1 N–H and O–H groups in total. The summed E-state index contributed by atoms with van der Waals surface area (Å²) in [5, 5.41) is 6.68. The molecule has 1 unspecified atom stereocenters. The van der Waals surface area contributed by atoms with E-state index < -0.39 is 43.2 Å². The quantitative estimate of drug-likeness (QED) is 0.278. The van der Waals surface area contributed by atoms with E-state index in [1.165, 1.54) is 41.3 Å². The van der Waals surface area contributed by atoms with Gasteiger partial charge in [0.2, 0.25) is 11.9 Å². The van der Waals surface area contributed by atoms with Gasteiger partial charge in [0.1, 0.15) is 24.0 Å². The molecule has 0 aliphatic carbocycles. The van der Waals surface area contributed by atoms with Crippen LogP contribution in [0.2, 0.25) is 0 Å². The van der Waals surface area contributed by atoms with Crippen LogP contribution in [0.4, 0.5) is 47.2 Å². The number of aryl methyl sites for hydroxylation is 1. The molecule has 0 bridgehead atoms. The zero-order valence-corrected chi connectivity index (χ0v) is 25.9. The van der Waals surface area contributed by atoms with Crippen molar-refractivity contribution in [1.82, 2.24) is 20.1 Å². The highest BCUT2D eigenvalue weighted by Crippen LogP contribution is 2.36. The second-order valence-electron chi connectivity index (χ2n) is 10.8. The number of aromatic nitrogens is 3. The molecule has 0 radical (unpaired) electrons. The topological polar surface area (TPSA) is 114 Å². The molecule has 1 aromatic heterocycles. The zero-order chi connectivity index (χ0) is 34.6. The van der Waals surface area contributed by atoms with Crippen LogP contribution in [0.15, 0.2) is 53.8 Å². The maximum absolute atomic E-state index is 15.2. The number of hydrogen-bond acceptors (Lipinski definition) is 8. The Labute approximate surface area is 273 Å². The van der Waals surface area contributed by atoms with Crippen LogP contribution >= 0.6 is 11.8 Å². The summed E-state index contributed by atoms with van der Waals surface area (Å²) in [6.07, 6.45) is -8.61. The van der Waals surface area contributed by atoms with E-state index in [0.717, 1.165) is 28.8 Å². The number of carbonyl (C=O) groups excluding carboxylic acids is 2. The molecule has 2 aliphatic heterocycles. The molecule has 3 heterocycles. The summed E-state index contributed by atoms with van der Waals surface area (Å²) in [5.41, 5.74) is 1.09. The number of rotatable bonds is 9. The lowest BCUT2D eigenvalue weighted by atomic mass is 9.92. The number of alkyl halides is 7. The van der Waals surface area contributed by atoms with Crippen LogP contribution < -0.4 is 24.6 Å². The van der Waals surface area contributed by atoms with Gasteiger partial charge in [-0.3, -0.25) is 9.69 Å². The lowest BCUT2D eigenvalue weighted by Gasteiger charge is -2.32. The number of nitrogens with zero attached hydrogens (tertiary/aromatic N) is 6. The molecule has 258 valence electrons. The van der Waals surface area contributed by atoms with Gasteiger partial charge in [-0.05, 0) is 67.6 Å². The highest BCUT2D eigenvalue weighted by molar-refractivity contribution is 8.15. The Morgan fingerprint density at radius 3 is 2.48 bits per heavy atom. The summed E-state index contributed by atoms with van der Waals surface area (Å²) in [7, 11) is 0. The SMILES string of the molecule is Cc1ccc(OCC(F)(F)F)c(N2C(=O)CSC2=NC(=O)NCC(F)C2CCN(c3ncn(-c4ccc(OC(F)(F)F)cc4)n3)CC2)c1. The summed E-state index contributed by atoms with van der Waals surface area (Å²) in [6, 6.07) is 8.44. The van der Waals surface area contributed by atoms with Gasteiger partial charge in [-0.1, -0.05) is 17.8 Å².